The molecule has 3 nitrogen and oxygen atoms in total. The maximum absolute atomic E-state index is 5.79. The molecule has 1 rings (SSSR count). The summed E-state index contributed by atoms with van der Waals surface area (Å²) in [6, 6.07) is 5.97. The Labute approximate surface area is 130 Å². The van der Waals surface area contributed by atoms with E-state index in [9.17, 15) is 0 Å². The largest absolute Gasteiger partial charge is 0.493 e. The van der Waals surface area contributed by atoms with Crippen LogP contribution in [0.2, 0.25) is 0 Å². The standard InChI is InChI=1S/C16H25BrO3/c1-3-5-9-18-10-11-20-16-12-15(19-8-4-2)7-6-14(16)13-17/h6-7,12H,3-5,8-11,13H2,1-2H3. The van der Waals surface area contributed by atoms with E-state index in [-0.39, 0.29) is 0 Å². The number of ether oxygens (including phenoxy) is 3. The molecule has 0 heterocycles. The van der Waals surface area contributed by atoms with Gasteiger partial charge in [0.25, 0.3) is 0 Å². The minimum absolute atomic E-state index is 0.570. The molecule has 0 atom stereocenters. The fourth-order valence-electron chi connectivity index (χ4n) is 1.65. The van der Waals surface area contributed by atoms with Crippen LogP contribution in [0.4, 0.5) is 0 Å². The number of rotatable bonds is 11. The molecular weight excluding hydrogens is 320 g/mol. The Bertz CT molecular complexity index is 369. The molecule has 1 aromatic carbocycles. The van der Waals surface area contributed by atoms with Gasteiger partial charge in [0.1, 0.15) is 18.1 Å². The van der Waals surface area contributed by atoms with Gasteiger partial charge in [-0.3, -0.25) is 0 Å². The smallest absolute Gasteiger partial charge is 0.127 e. The molecule has 0 saturated heterocycles. The lowest BCUT2D eigenvalue weighted by atomic mass is 10.2. The third-order valence-corrected chi connectivity index (χ3v) is 3.39. The predicted octanol–water partition coefficient (Wildman–Crippen LogP) is 4.57. The van der Waals surface area contributed by atoms with Crippen molar-refractivity contribution in [2.24, 2.45) is 0 Å². The monoisotopic (exact) mass is 344 g/mol. The second kappa shape index (κ2) is 11.0. The van der Waals surface area contributed by atoms with Crippen molar-refractivity contribution in [2.45, 2.75) is 38.4 Å². The zero-order chi connectivity index (χ0) is 14.6. The molecule has 0 radical (unpaired) electrons. The summed E-state index contributed by atoms with van der Waals surface area (Å²) < 4.78 is 16.9. The summed E-state index contributed by atoms with van der Waals surface area (Å²) in [7, 11) is 0. The third-order valence-electron chi connectivity index (χ3n) is 2.78. The molecule has 0 fully saturated rings. The number of hydrogen-bond acceptors (Lipinski definition) is 3. The Hall–Kier alpha value is -0.740. The fraction of sp³-hybridized carbons (Fsp3) is 0.625. The third kappa shape index (κ3) is 6.62. The number of alkyl halides is 1. The highest BCUT2D eigenvalue weighted by Gasteiger charge is 2.05. The highest BCUT2D eigenvalue weighted by molar-refractivity contribution is 9.08. The van der Waals surface area contributed by atoms with Crippen LogP contribution < -0.4 is 9.47 Å². The van der Waals surface area contributed by atoms with Crippen LogP contribution in [-0.2, 0) is 10.1 Å². The maximum Gasteiger partial charge on any atom is 0.127 e. The van der Waals surface area contributed by atoms with Gasteiger partial charge < -0.3 is 14.2 Å². The minimum Gasteiger partial charge on any atom is -0.493 e. The van der Waals surface area contributed by atoms with Gasteiger partial charge >= 0.3 is 0 Å². The summed E-state index contributed by atoms with van der Waals surface area (Å²) in [5.74, 6) is 1.73. The number of unbranched alkanes of at least 4 members (excludes halogenated alkanes) is 1. The molecule has 0 aliphatic rings. The molecule has 20 heavy (non-hydrogen) atoms. The lowest BCUT2D eigenvalue weighted by molar-refractivity contribution is 0.0977. The van der Waals surface area contributed by atoms with Crippen LogP contribution in [0.1, 0.15) is 38.7 Å². The average molecular weight is 345 g/mol. The Balaban J connectivity index is 2.44. The van der Waals surface area contributed by atoms with Gasteiger partial charge in [-0.1, -0.05) is 42.3 Å². The van der Waals surface area contributed by atoms with Crippen molar-refractivity contribution in [2.75, 3.05) is 26.4 Å². The van der Waals surface area contributed by atoms with Crippen LogP contribution in [0.3, 0.4) is 0 Å². The summed E-state index contributed by atoms with van der Waals surface area (Å²) in [4.78, 5) is 0. The van der Waals surface area contributed by atoms with E-state index in [0.29, 0.717) is 13.2 Å². The second-order valence-corrected chi connectivity index (χ2v) is 5.13. The van der Waals surface area contributed by atoms with E-state index < -0.39 is 0 Å². The van der Waals surface area contributed by atoms with E-state index in [1.165, 1.54) is 0 Å². The zero-order valence-corrected chi connectivity index (χ0v) is 14.1. The summed E-state index contributed by atoms with van der Waals surface area (Å²) in [6.07, 6.45) is 3.26. The maximum atomic E-state index is 5.79. The summed E-state index contributed by atoms with van der Waals surface area (Å²) in [6.45, 7) is 6.99. The molecule has 1 aromatic rings. The number of halogens is 1. The molecule has 0 aromatic heterocycles. The molecule has 0 amide bonds. The second-order valence-electron chi connectivity index (χ2n) is 4.57. The minimum atomic E-state index is 0.570. The van der Waals surface area contributed by atoms with Crippen molar-refractivity contribution in [3.8, 4) is 11.5 Å². The highest BCUT2D eigenvalue weighted by atomic mass is 79.9. The molecule has 0 saturated carbocycles. The Kier molecular flexibility index (Phi) is 9.50. The van der Waals surface area contributed by atoms with Gasteiger partial charge in [0.2, 0.25) is 0 Å². The summed E-state index contributed by atoms with van der Waals surface area (Å²) in [5.41, 5.74) is 1.13. The van der Waals surface area contributed by atoms with Crippen LogP contribution in [-0.4, -0.2) is 26.4 Å². The zero-order valence-electron chi connectivity index (χ0n) is 12.5. The van der Waals surface area contributed by atoms with Gasteiger partial charge in [-0.2, -0.15) is 0 Å². The molecule has 0 spiro atoms. The van der Waals surface area contributed by atoms with Gasteiger partial charge in [0.05, 0.1) is 13.2 Å². The van der Waals surface area contributed by atoms with E-state index in [2.05, 4.69) is 29.8 Å². The molecule has 0 N–H and O–H groups in total. The predicted molar refractivity (Wildman–Crippen MR) is 86.1 cm³/mol. The van der Waals surface area contributed by atoms with E-state index >= 15 is 0 Å². The van der Waals surface area contributed by atoms with E-state index in [1.54, 1.807) is 0 Å². The van der Waals surface area contributed by atoms with Gasteiger partial charge in [0.15, 0.2) is 0 Å². The van der Waals surface area contributed by atoms with Crippen molar-refractivity contribution < 1.29 is 14.2 Å². The average Bonchev–Trinajstić information content (AvgIpc) is 2.48. The molecular formula is C16H25BrO3. The van der Waals surface area contributed by atoms with Crippen LogP contribution in [0, 0.1) is 0 Å². The Morgan fingerprint density at radius 3 is 2.50 bits per heavy atom. The molecule has 0 bridgehead atoms. The summed E-state index contributed by atoms with van der Waals surface area (Å²) >= 11 is 3.48. The molecule has 0 aliphatic heterocycles. The van der Waals surface area contributed by atoms with Gasteiger partial charge in [0, 0.05) is 23.6 Å². The van der Waals surface area contributed by atoms with Crippen LogP contribution in [0.15, 0.2) is 18.2 Å². The number of benzene rings is 1. The number of hydrogen-bond donors (Lipinski definition) is 0. The van der Waals surface area contributed by atoms with Crippen molar-refractivity contribution in [3.63, 3.8) is 0 Å². The van der Waals surface area contributed by atoms with Crippen molar-refractivity contribution in [3.05, 3.63) is 23.8 Å². The van der Waals surface area contributed by atoms with E-state index in [4.69, 9.17) is 14.2 Å². The first-order valence-corrected chi connectivity index (χ1v) is 8.46. The quantitative estimate of drug-likeness (QED) is 0.434. The van der Waals surface area contributed by atoms with Gasteiger partial charge in [-0.15, -0.1) is 0 Å². The van der Waals surface area contributed by atoms with Crippen LogP contribution in [0.5, 0.6) is 11.5 Å². The Morgan fingerprint density at radius 2 is 1.80 bits per heavy atom. The highest BCUT2D eigenvalue weighted by Crippen LogP contribution is 2.26. The first-order valence-electron chi connectivity index (χ1n) is 7.34. The first-order chi connectivity index (χ1) is 9.81. The molecule has 114 valence electrons. The first kappa shape index (κ1) is 17.3. The molecule has 0 aliphatic carbocycles. The molecule has 4 heteroatoms. The van der Waals surface area contributed by atoms with Crippen molar-refractivity contribution in [1.82, 2.24) is 0 Å². The van der Waals surface area contributed by atoms with Crippen molar-refractivity contribution in [1.29, 1.82) is 0 Å². The lowest BCUT2D eigenvalue weighted by Crippen LogP contribution is -2.08. The lowest BCUT2D eigenvalue weighted by Gasteiger charge is -2.13. The van der Waals surface area contributed by atoms with E-state index in [0.717, 1.165) is 54.9 Å². The molecule has 0 unspecified atom stereocenters. The SMILES string of the molecule is CCCCOCCOc1cc(OCCC)ccc1CBr. The van der Waals surface area contributed by atoms with Crippen LogP contribution >= 0.6 is 15.9 Å². The van der Waals surface area contributed by atoms with Crippen molar-refractivity contribution >= 4 is 15.9 Å². The normalized spacial score (nSPS) is 10.6. The Morgan fingerprint density at radius 1 is 0.950 bits per heavy atom. The van der Waals surface area contributed by atoms with Gasteiger partial charge in [-0.05, 0) is 18.9 Å². The summed E-state index contributed by atoms with van der Waals surface area (Å²) in [5, 5.41) is 0.771. The fourth-order valence-corrected chi connectivity index (χ4v) is 2.11. The van der Waals surface area contributed by atoms with Crippen LogP contribution in [0.25, 0.3) is 0 Å². The van der Waals surface area contributed by atoms with E-state index in [1.807, 2.05) is 18.2 Å². The topological polar surface area (TPSA) is 27.7 Å². The van der Waals surface area contributed by atoms with Gasteiger partial charge in [-0.25, -0.2) is 0 Å².